The maximum absolute atomic E-state index is 13.3. The number of carbonyl (C=O) groups excluding carboxylic acids is 4. The van der Waals surface area contributed by atoms with Crippen LogP contribution in [0.3, 0.4) is 0 Å². The van der Waals surface area contributed by atoms with Gasteiger partial charge in [0.05, 0.1) is 24.0 Å². The summed E-state index contributed by atoms with van der Waals surface area (Å²) < 4.78 is 22.2. The Bertz CT molecular complexity index is 1130. The molecule has 0 saturated heterocycles. The van der Waals surface area contributed by atoms with Crippen LogP contribution < -0.4 is 11.1 Å². The molecular formula is C29H40N2O9. The number of hydrogen-bond acceptors (Lipinski definition) is 9. The fraction of sp³-hybridized carbons (Fsp3) is 0.517. The predicted octanol–water partition coefficient (Wildman–Crippen LogP) is 2.06. The van der Waals surface area contributed by atoms with Gasteiger partial charge in [-0.3, -0.25) is 14.4 Å². The number of ether oxygens (including phenoxy) is 4. The van der Waals surface area contributed by atoms with Gasteiger partial charge in [0, 0.05) is 44.5 Å². The number of carbonyl (C=O) groups is 4. The number of rotatable bonds is 4. The number of hydrogen-bond donors (Lipinski definition) is 3. The van der Waals surface area contributed by atoms with E-state index in [1.54, 1.807) is 32.1 Å². The summed E-state index contributed by atoms with van der Waals surface area (Å²) in [4.78, 5) is 50.3. The molecule has 7 atom stereocenters. The number of methoxy groups -OCH3 is 3. The van der Waals surface area contributed by atoms with Crippen LogP contribution >= 0.6 is 0 Å². The molecule has 1 heterocycles. The highest BCUT2D eigenvalue weighted by Crippen LogP contribution is 2.29. The first-order valence-electron chi connectivity index (χ1n) is 12.9. The van der Waals surface area contributed by atoms with E-state index >= 15 is 0 Å². The van der Waals surface area contributed by atoms with E-state index in [4.69, 9.17) is 24.7 Å². The Labute approximate surface area is 234 Å². The van der Waals surface area contributed by atoms with Crippen molar-refractivity contribution in [3.05, 3.63) is 58.9 Å². The van der Waals surface area contributed by atoms with Crippen molar-refractivity contribution in [1.82, 2.24) is 5.32 Å². The van der Waals surface area contributed by atoms with Gasteiger partial charge in [-0.1, -0.05) is 38.2 Å². The van der Waals surface area contributed by atoms with Gasteiger partial charge in [-0.15, -0.1) is 0 Å². The number of allylic oxidation sites excluding steroid dienone is 5. The molecule has 11 heteroatoms. The first kappa shape index (κ1) is 32.8. The van der Waals surface area contributed by atoms with E-state index in [0.717, 1.165) is 6.08 Å². The second-order valence-corrected chi connectivity index (χ2v) is 10.0. The van der Waals surface area contributed by atoms with E-state index in [-0.39, 0.29) is 29.2 Å². The first-order valence-corrected chi connectivity index (χ1v) is 12.9. The third-order valence-electron chi connectivity index (χ3n) is 6.99. The minimum atomic E-state index is -0.999. The standard InChI is InChI=1S/C29H40N2O9/c1-15-9-8-10-23(37-5)27(40-29(30)36)17(3)11-16(2)26(39-7)22(33)12-18(4)25(38-6)20-13-19(32)14-21(24(20)34)31-28(15)35/h8-11,13-14,16,18,22-23,25-27,33H,12H2,1-7H3,(H2,30,36)(H,31,35)/b10-8-,15-9+,17-11+/t16-,18-,22-,23-,25+,26+,27-/m0/s1. The van der Waals surface area contributed by atoms with E-state index < -0.39 is 60.0 Å². The van der Waals surface area contributed by atoms with Crippen molar-refractivity contribution in [1.29, 1.82) is 0 Å². The Kier molecular flexibility index (Phi) is 12.2. The molecule has 2 rings (SSSR count). The maximum Gasteiger partial charge on any atom is 0.405 e. The zero-order valence-corrected chi connectivity index (χ0v) is 24.0. The average Bonchev–Trinajstić information content (AvgIpc) is 2.87. The van der Waals surface area contributed by atoms with Gasteiger partial charge in [0.1, 0.15) is 6.10 Å². The number of aliphatic hydroxyl groups excluding tert-OH is 1. The van der Waals surface area contributed by atoms with Gasteiger partial charge in [0.15, 0.2) is 11.9 Å². The largest absolute Gasteiger partial charge is 0.439 e. The lowest BCUT2D eigenvalue weighted by Crippen LogP contribution is -2.40. The minimum Gasteiger partial charge on any atom is -0.439 e. The monoisotopic (exact) mass is 560 g/mol. The fourth-order valence-electron chi connectivity index (χ4n) is 5.01. The van der Waals surface area contributed by atoms with Crippen LogP contribution in [0.2, 0.25) is 0 Å². The van der Waals surface area contributed by atoms with Crippen LogP contribution in [-0.2, 0) is 33.3 Å². The van der Waals surface area contributed by atoms with Gasteiger partial charge in [0.25, 0.3) is 5.91 Å². The number of aliphatic hydroxyl groups is 1. The van der Waals surface area contributed by atoms with Gasteiger partial charge in [-0.2, -0.15) is 0 Å². The summed E-state index contributed by atoms with van der Waals surface area (Å²) in [6, 6.07) is 0. The summed E-state index contributed by atoms with van der Waals surface area (Å²) in [7, 11) is 4.31. The van der Waals surface area contributed by atoms with Gasteiger partial charge in [-0.25, -0.2) is 4.79 Å². The Morgan fingerprint density at radius 3 is 2.27 bits per heavy atom. The van der Waals surface area contributed by atoms with E-state index in [2.05, 4.69) is 5.32 Å². The topological polar surface area (TPSA) is 163 Å². The summed E-state index contributed by atoms with van der Waals surface area (Å²) in [6.45, 7) is 6.90. The van der Waals surface area contributed by atoms with Crippen molar-refractivity contribution in [3.8, 4) is 0 Å². The lowest BCUT2D eigenvalue weighted by Gasteiger charge is -2.32. The molecule has 0 unspecified atom stereocenters. The Balaban J connectivity index is 2.62. The van der Waals surface area contributed by atoms with E-state index in [9.17, 15) is 24.3 Å². The van der Waals surface area contributed by atoms with Crippen molar-refractivity contribution in [2.24, 2.45) is 17.6 Å². The van der Waals surface area contributed by atoms with Crippen molar-refractivity contribution >= 4 is 23.6 Å². The maximum atomic E-state index is 13.3. The van der Waals surface area contributed by atoms with Crippen molar-refractivity contribution in [2.75, 3.05) is 21.3 Å². The second kappa shape index (κ2) is 14.8. The molecule has 0 aromatic carbocycles. The number of nitrogens with one attached hydrogen (secondary N) is 1. The molecule has 0 fully saturated rings. The molecule has 220 valence electrons. The Hall–Kier alpha value is -3.38. The van der Waals surface area contributed by atoms with Crippen molar-refractivity contribution in [3.63, 3.8) is 0 Å². The van der Waals surface area contributed by atoms with Crippen LogP contribution in [0.4, 0.5) is 4.79 Å². The van der Waals surface area contributed by atoms with Crippen molar-refractivity contribution in [2.45, 2.75) is 64.6 Å². The minimum absolute atomic E-state index is 0.0802. The van der Waals surface area contributed by atoms with Crippen LogP contribution in [0.5, 0.6) is 0 Å². The lowest BCUT2D eigenvalue weighted by atomic mass is 9.84. The van der Waals surface area contributed by atoms with Crippen LogP contribution in [0.15, 0.2) is 58.9 Å². The number of primary amides is 1. The molecule has 1 aliphatic heterocycles. The fourth-order valence-corrected chi connectivity index (χ4v) is 5.01. The smallest absolute Gasteiger partial charge is 0.405 e. The van der Waals surface area contributed by atoms with E-state index in [1.807, 2.05) is 6.92 Å². The summed E-state index contributed by atoms with van der Waals surface area (Å²) in [5.41, 5.74) is 6.07. The number of nitrogens with two attached hydrogens (primary N) is 1. The molecule has 2 aliphatic rings. The Morgan fingerprint density at radius 2 is 1.70 bits per heavy atom. The highest BCUT2D eigenvalue weighted by Gasteiger charge is 2.35. The lowest BCUT2D eigenvalue weighted by molar-refractivity contribution is -0.120. The zero-order chi connectivity index (χ0) is 30.1. The van der Waals surface area contributed by atoms with Gasteiger partial charge < -0.3 is 35.1 Å². The van der Waals surface area contributed by atoms with Gasteiger partial charge in [-0.05, 0) is 37.8 Å². The molecule has 0 aromatic heterocycles. The predicted molar refractivity (Wildman–Crippen MR) is 147 cm³/mol. The molecule has 0 radical (unpaired) electrons. The number of fused-ring (bicyclic) bond motifs is 2. The van der Waals surface area contributed by atoms with E-state index in [0.29, 0.717) is 5.57 Å². The molecule has 0 spiro atoms. The van der Waals surface area contributed by atoms with E-state index in [1.165, 1.54) is 40.4 Å². The third kappa shape index (κ3) is 8.31. The van der Waals surface area contributed by atoms with Crippen LogP contribution in [0, 0.1) is 11.8 Å². The van der Waals surface area contributed by atoms with Crippen molar-refractivity contribution < 1.29 is 43.2 Å². The van der Waals surface area contributed by atoms with Crippen LogP contribution in [0.25, 0.3) is 0 Å². The Morgan fingerprint density at radius 1 is 1.02 bits per heavy atom. The zero-order valence-electron chi connectivity index (χ0n) is 24.0. The van der Waals surface area contributed by atoms with Gasteiger partial charge in [0.2, 0.25) is 5.78 Å². The molecule has 1 aliphatic carbocycles. The quantitative estimate of drug-likeness (QED) is 0.345. The number of ketones is 2. The molecule has 4 N–H and O–H groups in total. The van der Waals surface area contributed by atoms with Crippen LogP contribution in [-0.4, -0.2) is 80.5 Å². The third-order valence-corrected chi connectivity index (χ3v) is 6.99. The number of Topliss-reactive ketones (excluding diaryl/α,β-unsaturated/α-hetero) is 1. The first-order chi connectivity index (χ1) is 18.8. The van der Waals surface area contributed by atoms with Gasteiger partial charge >= 0.3 is 6.09 Å². The number of amides is 2. The molecule has 2 bridgehead atoms. The SMILES string of the molecule is CO[C@@H]1[C@@H](C)/C=C(\C)[C@H](OC(N)=O)[C@@H](OC)/C=C\C=C(/C)C(=O)NC2=CC(=O)C=C(C2=O)[C@H](OC)[C@@H](C)C[C@@H]1O. The highest BCUT2D eigenvalue weighted by atomic mass is 16.6. The molecule has 0 saturated carbocycles. The highest BCUT2D eigenvalue weighted by molar-refractivity contribution is 6.22. The summed E-state index contributed by atoms with van der Waals surface area (Å²) in [5.74, 6) is -2.40. The molecule has 11 nitrogen and oxygen atoms in total. The molecular weight excluding hydrogens is 520 g/mol. The molecule has 2 amide bonds. The average molecular weight is 561 g/mol. The van der Waals surface area contributed by atoms with Crippen LogP contribution in [0.1, 0.15) is 34.1 Å². The molecule has 0 aromatic rings. The normalized spacial score (nSPS) is 34.4. The summed E-state index contributed by atoms with van der Waals surface area (Å²) in [5, 5.41) is 13.7. The summed E-state index contributed by atoms with van der Waals surface area (Å²) in [6.07, 6.45) is 3.64. The summed E-state index contributed by atoms with van der Waals surface area (Å²) >= 11 is 0. The second-order valence-electron chi connectivity index (χ2n) is 10.0. The molecule has 40 heavy (non-hydrogen) atoms.